The van der Waals surface area contributed by atoms with Gasteiger partial charge in [0.25, 0.3) is 5.88 Å². The first-order chi connectivity index (χ1) is 7.39. The molecule has 0 radical (unpaired) electrons. The van der Waals surface area contributed by atoms with Gasteiger partial charge in [0, 0.05) is 17.3 Å². The summed E-state index contributed by atoms with van der Waals surface area (Å²) in [6, 6.07) is 0. The number of alkyl halides is 4. The third-order valence-electron chi connectivity index (χ3n) is 1.73. The molecule has 0 spiro atoms. The highest BCUT2D eigenvalue weighted by atomic mass is 19.4. The van der Waals surface area contributed by atoms with Crippen LogP contribution in [0.1, 0.15) is 11.1 Å². The maximum Gasteiger partial charge on any atom is 0.574 e. The molecule has 0 aliphatic rings. The summed E-state index contributed by atoms with van der Waals surface area (Å²) in [5.41, 5.74) is -0.578. The zero-order valence-electron chi connectivity index (χ0n) is 7.75. The van der Waals surface area contributed by atoms with Crippen molar-refractivity contribution < 1.29 is 32.5 Å². The number of aromatic hydroxyl groups is 1. The summed E-state index contributed by atoms with van der Waals surface area (Å²) in [6.45, 7) is -1.88. The topological polar surface area (TPSA) is 62.6 Å². The molecule has 0 bridgehead atoms. The van der Waals surface area contributed by atoms with E-state index in [0.29, 0.717) is 0 Å². The summed E-state index contributed by atoms with van der Waals surface area (Å²) in [5.74, 6) is -2.20. The van der Waals surface area contributed by atoms with Crippen molar-refractivity contribution in [1.82, 2.24) is 4.98 Å². The number of ether oxygens (including phenoxy) is 1. The lowest BCUT2D eigenvalue weighted by molar-refractivity contribution is -0.276. The highest BCUT2D eigenvalue weighted by Gasteiger charge is 2.33. The molecule has 0 atom stereocenters. The fraction of sp³-hybridized carbons (Fsp3) is 0.375. The average Bonchev–Trinajstić information content (AvgIpc) is 2.19. The summed E-state index contributed by atoms with van der Waals surface area (Å²) in [5, 5.41) is 17.9. The lowest BCUT2D eigenvalue weighted by atomic mass is 10.1. The molecule has 8 heteroatoms. The van der Waals surface area contributed by atoms with Crippen molar-refractivity contribution in [2.24, 2.45) is 0 Å². The molecular formula is C8H7F4NO3. The molecule has 1 heterocycles. The van der Waals surface area contributed by atoms with Crippen LogP contribution < -0.4 is 4.74 Å². The number of pyridine rings is 1. The van der Waals surface area contributed by atoms with Crippen molar-refractivity contribution in [3.05, 3.63) is 17.3 Å². The molecule has 1 aromatic rings. The lowest BCUT2D eigenvalue weighted by Gasteiger charge is -2.12. The van der Waals surface area contributed by atoms with Crippen LogP contribution >= 0.6 is 0 Å². The third-order valence-corrected chi connectivity index (χ3v) is 1.73. The van der Waals surface area contributed by atoms with Crippen molar-refractivity contribution in [3.8, 4) is 11.6 Å². The van der Waals surface area contributed by atoms with Crippen LogP contribution in [0, 0.1) is 0 Å². The second-order valence-corrected chi connectivity index (χ2v) is 2.76. The fourth-order valence-electron chi connectivity index (χ4n) is 1.03. The monoisotopic (exact) mass is 241 g/mol. The molecule has 0 saturated carbocycles. The van der Waals surface area contributed by atoms with E-state index in [9.17, 15) is 22.7 Å². The van der Waals surface area contributed by atoms with E-state index >= 15 is 0 Å². The predicted molar refractivity (Wildman–Crippen MR) is 43.3 cm³/mol. The molecule has 4 nitrogen and oxygen atoms in total. The predicted octanol–water partition coefficient (Wildman–Crippen LogP) is 1.65. The Kier molecular flexibility index (Phi) is 3.53. The van der Waals surface area contributed by atoms with E-state index in [4.69, 9.17) is 5.11 Å². The largest absolute Gasteiger partial charge is 0.574 e. The van der Waals surface area contributed by atoms with Gasteiger partial charge in [0.05, 0.1) is 6.61 Å². The van der Waals surface area contributed by atoms with E-state index in [1.165, 1.54) is 0 Å². The Morgan fingerprint density at radius 2 is 2.00 bits per heavy atom. The van der Waals surface area contributed by atoms with Gasteiger partial charge in [-0.15, -0.1) is 13.2 Å². The smallest absolute Gasteiger partial charge is 0.503 e. The van der Waals surface area contributed by atoms with Crippen LogP contribution in [0.2, 0.25) is 0 Å². The first-order valence-electron chi connectivity index (χ1n) is 4.01. The number of aromatic nitrogens is 1. The van der Waals surface area contributed by atoms with Crippen molar-refractivity contribution in [2.45, 2.75) is 19.6 Å². The summed E-state index contributed by atoms with van der Waals surface area (Å²) in [4.78, 5) is 3.12. The minimum Gasteiger partial charge on any atom is -0.503 e. The van der Waals surface area contributed by atoms with E-state index < -0.39 is 36.8 Å². The van der Waals surface area contributed by atoms with E-state index in [0.717, 1.165) is 6.20 Å². The van der Waals surface area contributed by atoms with Gasteiger partial charge in [-0.25, -0.2) is 9.37 Å². The molecule has 0 saturated heterocycles. The van der Waals surface area contributed by atoms with E-state index in [1.54, 1.807) is 0 Å². The van der Waals surface area contributed by atoms with Crippen molar-refractivity contribution in [3.63, 3.8) is 0 Å². The Hall–Kier alpha value is -1.57. The van der Waals surface area contributed by atoms with Gasteiger partial charge in [-0.05, 0) is 0 Å². The van der Waals surface area contributed by atoms with Crippen LogP contribution in [0.4, 0.5) is 17.6 Å². The van der Waals surface area contributed by atoms with Crippen molar-refractivity contribution in [2.75, 3.05) is 0 Å². The Bertz CT molecular complexity index is 380. The van der Waals surface area contributed by atoms with Crippen LogP contribution in [0.15, 0.2) is 6.20 Å². The van der Waals surface area contributed by atoms with Gasteiger partial charge in [-0.1, -0.05) is 0 Å². The number of nitrogens with zero attached hydrogens (tertiary/aromatic N) is 1. The molecule has 0 unspecified atom stereocenters. The number of rotatable bonds is 3. The Morgan fingerprint density at radius 3 is 2.44 bits per heavy atom. The quantitative estimate of drug-likeness (QED) is 0.790. The van der Waals surface area contributed by atoms with Gasteiger partial charge < -0.3 is 14.9 Å². The minimum atomic E-state index is -5.03. The number of aliphatic hydroxyl groups excluding tert-OH is 1. The van der Waals surface area contributed by atoms with Gasteiger partial charge in [-0.3, -0.25) is 0 Å². The number of hydrogen-bond acceptors (Lipinski definition) is 4. The maximum absolute atomic E-state index is 12.4. The number of aliphatic hydroxyl groups is 1. The van der Waals surface area contributed by atoms with E-state index in [-0.39, 0.29) is 5.56 Å². The normalized spacial score (nSPS) is 11.6. The SMILES string of the molecule is OCc1cnc(OC(F)(F)F)c(O)c1CF. The summed E-state index contributed by atoms with van der Waals surface area (Å²) in [6.07, 6.45) is -4.23. The lowest BCUT2D eigenvalue weighted by Crippen LogP contribution is -2.18. The summed E-state index contributed by atoms with van der Waals surface area (Å²) >= 11 is 0. The number of halogens is 4. The van der Waals surface area contributed by atoms with Gasteiger partial charge in [-0.2, -0.15) is 0 Å². The molecule has 2 N–H and O–H groups in total. The molecule has 0 aromatic carbocycles. The highest BCUT2D eigenvalue weighted by Crippen LogP contribution is 2.34. The van der Waals surface area contributed by atoms with Crippen LogP contribution in [-0.2, 0) is 13.3 Å². The third kappa shape index (κ3) is 2.72. The molecule has 0 aliphatic carbocycles. The highest BCUT2D eigenvalue weighted by molar-refractivity contribution is 5.44. The van der Waals surface area contributed by atoms with Crippen LogP contribution in [0.5, 0.6) is 11.6 Å². The summed E-state index contributed by atoms with van der Waals surface area (Å²) < 4.78 is 51.2. The van der Waals surface area contributed by atoms with Gasteiger partial charge in [0.15, 0.2) is 5.75 Å². The van der Waals surface area contributed by atoms with Crippen molar-refractivity contribution in [1.29, 1.82) is 0 Å². The second-order valence-electron chi connectivity index (χ2n) is 2.76. The van der Waals surface area contributed by atoms with Gasteiger partial charge in [0.1, 0.15) is 6.67 Å². The van der Waals surface area contributed by atoms with Crippen LogP contribution in [-0.4, -0.2) is 21.6 Å². The molecular weight excluding hydrogens is 234 g/mol. The van der Waals surface area contributed by atoms with Gasteiger partial charge in [0.2, 0.25) is 0 Å². The Labute approximate surface area is 87.1 Å². The first-order valence-corrected chi connectivity index (χ1v) is 4.01. The summed E-state index contributed by atoms with van der Waals surface area (Å²) in [7, 11) is 0. The molecule has 1 aromatic heterocycles. The van der Waals surface area contributed by atoms with Crippen LogP contribution in [0.25, 0.3) is 0 Å². The Balaban J connectivity index is 3.14. The molecule has 0 amide bonds. The fourth-order valence-corrected chi connectivity index (χ4v) is 1.03. The van der Waals surface area contributed by atoms with Gasteiger partial charge >= 0.3 is 6.36 Å². The molecule has 16 heavy (non-hydrogen) atoms. The minimum absolute atomic E-state index is 0.102. The Morgan fingerprint density at radius 1 is 1.38 bits per heavy atom. The zero-order chi connectivity index (χ0) is 12.3. The van der Waals surface area contributed by atoms with Crippen LogP contribution in [0.3, 0.4) is 0 Å². The van der Waals surface area contributed by atoms with E-state index in [2.05, 4.69) is 9.72 Å². The van der Waals surface area contributed by atoms with E-state index in [1.807, 2.05) is 0 Å². The molecule has 90 valence electrons. The molecule has 1 rings (SSSR count). The molecule has 0 aliphatic heterocycles. The second kappa shape index (κ2) is 4.52. The standard InChI is InChI=1S/C8H7F4NO3/c9-1-5-4(3-14)2-13-7(6(5)15)16-8(10,11)12/h2,14-15H,1,3H2. The zero-order valence-corrected chi connectivity index (χ0v) is 7.75. The molecule has 0 fully saturated rings. The maximum atomic E-state index is 12.4. The average molecular weight is 241 g/mol. The first kappa shape index (κ1) is 12.5. The number of hydrogen-bond donors (Lipinski definition) is 2. The van der Waals surface area contributed by atoms with Crippen molar-refractivity contribution >= 4 is 0 Å².